The number of rotatable bonds is 4. The molecule has 2 aliphatic carbocycles. The molecule has 36 heavy (non-hydrogen) atoms. The van der Waals surface area contributed by atoms with Crippen LogP contribution in [0, 0.1) is 0 Å². The van der Waals surface area contributed by atoms with Crippen LogP contribution in [0.1, 0.15) is 37.6 Å². The van der Waals surface area contributed by atoms with E-state index in [1.54, 1.807) is 3.87 Å². The minimum absolute atomic E-state index is 0. The van der Waals surface area contributed by atoms with E-state index in [-0.39, 0.29) is 24.8 Å². The van der Waals surface area contributed by atoms with Crippen LogP contribution >= 0.6 is 24.8 Å². The van der Waals surface area contributed by atoms with E-state index in [0.717, 1.165) is 0 Å². The predicted octanol–water partition coefficient (Wildman–Crippen LogP) is 8.03. The van der Waals surface area contributed by atoms with Gasteiger partial charge in [-0.2, -0.15) is 0 Å². The van der Waals surface area contributed by atoms with Crippen LogP contribution in [0.25, 0.3) is 23.3 Å². The first kappa shape index (κ1) is 26.9. The Morgan fingerprint density at radius 2 is 1.31 bits per heavy atom. The van der Waals surface area contributed by atoms with Gasteiger partial charge in [0.25, 0.3) is 0 Å². The van der Waals surface area contributed by atoms with Gasteiger partial charge in [-0.05, 0) is 0 Å². The first-order valence-electron chi connectivity index (χ1n) is 12.2. The normalized spacial score (nSPS) is 17.9. The SMILES string of the molecule is CC1=Cc2ccccc2[CH]1[Ti]([CH3])(=[SiH2])([c]1ccccc1)[CH]1C=Cc2c(-c3ccccc3)cccc21.Cl.Cl. The number of benzene rings is 4. The van der Waals surface area contributed by atoms with Crippen LogP contribution < -0.4 is 3.87 Å². The number of halogens is 2. The van der Waals surface area contributed by atoms with E-state index in [4.69, 9.17) is 0 Å². The van der Waals surface area contributed by atoms with Crippen molar-refractivity contribution < 1.29 is 14.0 Å². The van der Waals surface area contributed by atoms with E-state index in [9.17, 15) is 0 Å². The van der Waals surface area contributed by atoms with Crippen molar-refractivity contribution >= 4 is 48.5 Å². The molecule has 6 rings (SSSR count). The molecule has 0 aromatic heterocycles. The molecule has 2 aliphatic rings. The van der Waals surface area contributed by atoms with E-state index in [2.05, 4.69) is 141 Å². The third kappa shape index (κ3) is 3.93. The third-order valence-corrected chi connectivity index (χ3v) is 23.9. The van der Waals surface area contributed by atoms with Crippen molar-refractivity contribution in [3.05, 3.63) is 137 Å². The molecule has 0 bridgehead atoms. The molecule has 0 radical (unpaired) electrons. The summed E-state index contributed by atoms with van der Waals surface area (Å²) in [7, 11) is 2.39. The Bertz CT molecular complexity index is 1540. The van der Waals surface area contributed by atoms with Gasteiger partial charge in [-0.1, -0.05) is 0 Å². The summed E-state index contributed by atoms with van der Waals surface area (Å²) >= 11 is -3.54. The van der Waals surface area contributed by atoms with E-state index < -0.39 is 14.0 Å². The quantitative estimate of drug-likeness (QED) is 0.221. The molecule has 4 aromatic carbocycles. The van der Waals surface area contributed by atoms with Gasteiger partial charge in [0.15, 0.2) is 0 Å². The zero-order chi connectivity index (χ0) is 23.4. The maximum absolute atomic E-state index is 3.54. The van der Waals surface area contributed by atoms with Gasteiger partial charge in [0.2, 0.25) is 0 Å². The van der Waals surface area contributed by atoms with Crippen LogP contribution in [-0.4, -0.2) is 7.63 Å². The Labute approximate surface area is 229 Å². The second-order valence-electron chi connectivity index (χ2n) is 10.5. The molecule has 0 spiro atoms. The second kappa shape index (κ2) is 9.97. The monoisotopic (exact) mass is 562 g/mol. The van der Waals surface area contributed by atoms with Crippen LogP contribution in [0.5, 0.6) is 0 Å². The fraction of sp³-hybridized carbons (Fsp3) is 0.125. The zero-order valence-electron chi connectivity index (χ0n) is 20.7. The van der Waals surface area contributed by atoms with E-state index >= 15 is 0 Å². The summed E-state index contributed by atoms with van der Waals surface area (Å²) in [5, 5.41) is 2.70. The molecule has 2 atom stereocenters. The molecular weight excluding hydrogens is 531 g/mol. The predicted molar refractivity (Wildman–Crippen MR) is 161 cm³/mol. The van der Waals surface area contributed by atoms with E-state index in [1.807, 2.05) is 0 Å². The molecule has 4 aromatic rings. The minimum atomic E-state index is -3.54. The Morgan fingerprint density at radius 3 is 2.03 bits per heavy atom. The summed E-state index contributed by atoms with van der Waals surface area (Å²) < 4.78 is 2.51. The fourth-order valence-corrected chi connectivity index (χ4v) is 21.6. The van der Waals surface area contributed by atoms with Crippen molar-refractivity contribution in [2.24, 2.45) is 0 Å². The van der Waals surface area contributed by atoms with Gasteiger partial charge in [-0.15, -0.1) is 24.8 Å². The summed E-state index contributed by atoms with van der Waals surface area (Å²) in [5.41, 5.74) is 10.0. The Morgan fingerprint density at radius 1 is 0.694 bits per heavy atom. The molecule has 0 aliphatic heterocycles. The molecule has 0 heterocycles. The van der Waals surface area contributed by atoms with Crippen molar-refractivity contribution in [1.82, 2.24) is 0 Å². The molecule has 0 N–H and O–H groups in total. The summed E-state index contributed by atoms with van der Waals surface area (Å²) in [6.07, 6.45) is 7.43. The maximum Gasteiger partial charge on any atom is -0.147 e. The summed E-state index contributed by atoms with van der Waals surface area (Å²) in [6, 6.07) is 38.4. The van der Waals surface area contributed by atoms with Gasteiger partial charge in [0, 0.05) is 0 Å². The van der Waals surface area contributed by atoms with Crippen molar-refractivity contribution in [1.29, 1.82) is 0 Å². The van der Waals surface area contributed by atoms with Gasteiger partial charge in [-0.25, -0.2) is 0 Å². The average Bonchev–Trinajstić information content (AvgIpc) is 3.47. The molecule has 2 unspecified atom stereocenters. The van der Waals surface area contributed by atoms with Crippen LogP contribution in [0.2, 0.25) is 5.23 Å². The van der Waals surface area contributed by atoms with Crippen molar-refractivity contribution in [2.75, 3.05) is 0 Å². The summed E-state index contributed by atoms with van der Waals surface area (Å²) in [6.45, 7) is 2.37. The molecule has 182 valence electrons. The minimum Gasteiger partial charge on any atom is -0.147 e. The number of allylic oxidation sites excluding steroid dienone is 2. The topological polar surface area (TPSA) is 0 Å². The van der Waals surface area contributed by atoms with Gasteiger partial charge in [-0.3, -0.25) is 0 Å². The smallest absolute Gasteiger partial charge is 0.147 e. The van der Waals surface area contributed by atoms with E-state index in [1.165, 1.54) is 39.0 Å². The van der Waals surface area contributed by atoms with E-state index in [0.29, 0.717) is 8.45 Å². The average molecular weight is 563 g/mol. The Balaban J connectivity index is 0.00000152. The molecule has 4 heteroatoms. The first-order chi connectivity index (χ1) is 16.5. The van der Waals surface area contributed by atoms with Crippen molar-refractivity contribution in [2.45, 2.75) is 20.6 Å². The first-order valence-corrected chi connectivity index (χ1v) is 20.4. The molecular formula is C32H32Cl2SiTi. The number of hydrogen-bond donors (Lipinski definition) is 0. The van der Waals surface area contributed by atoms with Crippen LogP contribution in [0.15, 0.2) is 115 Å². The van der Waals surface area contributed by atoms with Crippen molar-refractivity contribution in [3.63, 3.8) is 0 Å². The third-order valence-electron chi connectivity index (χ3n) is 8.43. The van der Waals surface area contributed by atoms with Gasteiger partial charge < -0.3 is 0 Å². The molecule has 0 nitrogen and oxygen atoms in total. The summed E-state index contributed by atoms with van der Waals surface area (Å²) in [5.74, 6) is 0. The second-order valence-corrected chi connectivity index (χ2v) is 28.0. The van der Waals surface area contributed by atoms with Gasteiger partial charge >= 0.3 is 206 Å². The van der Waals surface area contributed by atoms with Crippen LogP contribution in [0.4, 0.5) is 0 Å². The standard InChI is InChI=1S/C15H11.C10H9.C6H5.CH3.2ClH.H2Si.Ti/c1-2-6-12(7-3-1)14-10-4-8-13-9-5-11-15(13)14;1-8-6-9-4-2-3-5-10(9)7-8;1-2-4-6-5-3-1;;;;;/h1-11H;2-7H,1H3;1-5H;1H3;2*1H;1H2;. The van der Waals surface area contributed by atoms with Crippen LogP contribution in [0.3, 0.4) is 0 Å². The zero-order valence-corrected chi connectivity index (χ0v) is 25.3. The van der Waals surface area contributed by atoms with Crippen molar-refractivity contribution in [3.8, 4) is 11.1 Å². The molecule has 0 saturated carbocycles. The number of fused-ring (bicyclic) bond motifs is 2. The number of hydrogen-bond acceptors (Lipinski definition) is 0. The largest absolute Gasteiger partial charge is 0.147 e. The van der Waals surface area contributed by atoms with Crippen LogP contribution in [-0.2, 0) is 14.0 Å². The van der Waals surface area contributed by atoms with Gasteiger partial charge in [0.05, 0.1) is 0 Å². The Kier molecular flexibility index (Phi) is 7.46. The molecule has 0 amide bonds. The maximum atomic E-state index is 2.70. The molecule has 0 saturated heterocycles. The summed E-state index contributed by atoms with van der Waals surface area (Å²) in [4.78, 5) is 0. The Hall–Kier alpha value is -2.13. The fourth-order valence-electron chi connectivity index (χ4n) is 6.89. The van der Waals surface area contributed by atoms with Gasteiger partial charge in [0.1, 0.15) is 0 Å². The molecule has 0 fully saturated rings.